The molecule has 1 aliphatic carbocycles. The van der Waals surface area contributed by atoms with Gasteiger partial charge in [0.1, 0.15) is 11.5 Å². The minimum Gasteiger partial charge on any atom is -0.496 e. The van der Waals surface area contributed by atoms with Crippen LogP contribution < -0.4 is 15.5 Å². The van der Waals surface area contributed by atoms with Crippen molar-refractivity contribution in [2.45, 2.75) is 39.2 Å². The monoisotopic (exact) mass is 413 g/mol. The van der Waals surface area contributed by atoms with Gasteiger partial charge >= 0.3 is 0 Å². The van der Waals surface area contributed by atoms with Gasteiger partial charge < -0.3 is 19.2 Å². The molecule has 30 heavy (non-hydrogen) atoms. The largest absolute Gasteiger partial charge is 0.496 e. The van der Waals surface area contributed by atoms with Crippen molar-refractivity contribution in [1.29, 1.82) is 0 Å². The highest BCUT2D eigenvalue weighted by atomic mass is 16.5. The van der Waals surface area contributed by atoms with Gasteiger partial charge in [-0.15, -0.1) is 0 Å². The summed E-state index contributed by atoms with van der Waals surface area (Å²) in [6, 6.07) is 6.81. The number of benzene rings is 1. The van der Waals surface area contributed by atoms with Crippen molar-refractivity contribution in [3.63, 3.8) is 0 Å². The van der Waals surface area contributed by atoms with Gasteiger partial charge in [-0.05, 0) is 38.8 Å². The average molecular weight is 413 g/mol. The molecule has 2 N–H and O–H groups in total. The standard InChI is InChI=1S/C22H27N3O5/c1-13(12-28-3)23-22(27)20-14(2)19-16(9-7-11-18(19)30-20)24-25-21(26)15-8-5-6-10-17(15)29-4/h5-6,8,10,13H,7,9,11-12H2,1-4H3,(H,23,27)(H,25,26)/b24-16+. The van der Waals surface area contributed by atoms with E-state index >= 15 is 0 Å². The van der Waals surface area contributed by atoms with Gasteiger partial charge in [0.15, 0.2) is 5.76 Å². The Kier molecular flexibility index (Phi) is 6.89. The van der Waals surface area contributed by atoms with Crippen molar-refractivity contribution < 1.29 is 23.5 Å². The number of aryl methyl sites for hydroxylation is 1. The van der Waals surface area contributed by atoms with Gasteiger partial charge in [0, 0.05) is 30.7 Å². The molecular weight excluding hydrogens is 386 g/mol. The molecule has 1 unspecified atom stereocenters. The Balaban J connectivity index is 1.82. The van der Waals surface area contributed by atoms with E-state index in [1.165, 1.54) is 7.11 Å². The summed E-state index contributed by atoms with van der Waals surface area (Å²) in [6.07, 6.45) is 2.22. The fourth-order valence-corrected chi connectivity index (χ4v) is 3.59. The Morgan fingerprint density at radius 1 is 1.20 bits per heavy atom. The molecule has 8 nitrogen and oxygen atoms in total. The molecular formula is C22H27N3O5. The van der Waals surface area contributed by atoms with E-state index in [1.54, 1.807) is 31.4 Å². The van der Waals surface area contributed by atoms with Crippen molar-refractivity contribution in [2.75, 3.05) is 20.8 Å². The average Bonchev–Trinajstić information content (AvgIpc) is 3.09. The number of hydrazone groups is 1. The lowest BCUT2D eigenvalue weighted by molar-refractivity contribution is 0.0874. The molecule has 0 spiro atoms. The number of nitrogens with one attached hydrogen (secondary N) is 2. The van der Waals surface area contributed by atoms with Gasteiger partial charge in [0.2, 0.25) is 0 Å². The fourth-order valence-electron chi connectivity index (χ4n) is 3.59. The van der Waals surface area contributed by atoms with Crippen LogP contribution in [0.3, 0.4) is 0 Å². The van der Waals surface area contributed by atoms with E-state index in [-0.39, 0.29) is 23.6 Å². The molecule has 160 valence electrons. The number of amides is 2. The lowest BCUT2D eigenvalue weighted by Crippen LogP contribution is -2.35. The number of hydrogen-bond donors (Lipinski definition) is 2. The highest BCUT2D eigenvalue weighted by molar-refractivity contribution is 6.07. The molecule has 0 radical (unpaired) electrons. The Bertz CT molecular complexity index is 964. The second kappa shape index (κ2) is 9.58. The third kappa shape index (κ3) is 4.54. The molecule has 0 aliphatic heterocycles. The van der Waals surface area contributed by atoms with E-state index in [2.05, 4.69) is 15.8 Å². The van der Waals surface area contributed by atoms with E-state index in [0.29, 0.717) is 35.8 Å². The first-order valence-corrected chi connectivity index (χ1v) is 9.88. The van der Waals surface area contributed by atoms with Crippen LogP contribution in [0.15, 0.2) is 33.8 Å². The van der Waals surface area contributed by atoms with Crippen LogP contribution in [0.2, 0.25) is 0 Å². The number of methoxy groups -OCH3 is 2. The number of furan rings is 1. The van der Waals surface area contributed by atoms with E-state index in [0.717, 1.165) is 24.0 Å². The van der Waals surface area contributed by atoms with Crippen molar-refractivity contribution in [1.82, 2.24) is 10.7 Å². The number of carbonyl (C=O) groups is 2. The third-order valence-electron chi connectivity index (χ3n) is 4.97. The number of ether oxygens (including phenoxy) is 2. The summed E-state index contributed by atoms with van der Waals surface area (Å²) in [5, 5.41) is 7.22. The fraction of sp³-hybridized carbons (Fsp3) is 0.409. The first-order chi connectivity index (χ1) is 14.5. The van der Waals surface area contributed by atoms with Crippen LogP contribution in [0.1, 0.15) is 57.6 Å². The van der Waals surface area contributed by atoms with Crippen molar-refractivity contribution in [2.24, 2.45) is 5.10 Å². The van der Waals surface area contributed by atoms with Crippen molar-refractivity contribution in [3.05, 3.63) is 52.5 Å². The smallest absolute Gasteiger partial charge is 0.287 e. The van der Waals surface area contributed by atoms with Crippen LogP contribution in [0.4, 0.5) is 0 Å². The Hall–Kier alpha value is -3.13. The van der Waals surface area contributed by atoms with Crippen LogP contribution in [-0.2, 0) is 11.2 Å². The van der Waals surface area contributed by atoms with Gasteiger partial charge in [-0.3, -0.25) is 9.59 Å². The first kappa shape index (κ1) is 21.6. The number of para-hydroxylation sites is 1. The summed E-state index contributed by atoms with van der Waals surface area (Å²) in [4.78, 5) is 25.2. The summed E-state index contributed by atoms with van der Waals surface area (Å²) in [6.45, 7) is 4.11. The molecule has 1 heterocycles. The van der Waals surface area contributed by atoms with Gasteiger partial charge in [0.25, 0.3) is 11.8 Å². The molecule has 3 rings (SSSR count). The van der Waals surface area contributed by atoms with Crippen LogP contribution in [0, 0.1) is 6.92 Å². The zero-order valence-electron chi connectivity index (χ0n) is 17.7. The number of carbonyl (C=O) groups excluding carboxylic acids is 2. The first-order valence-electron chi connectivity index (χ1n) is 9.88. The number of nitrogens with zero attached hydrogens (tertiary/aromatic N) is 1. The van der Waals surface area contributed by atoms with Crippen molar-refractivity contribution >= 4 is 17.5 Å². The molecule has 2 aromatic rings. The topological polar surface area (TPSA) is 102 Å². The zero-order valence-corrected chi connectivity index (χ0v) is 17.7. The maximum absolute atomic E-state index is 12.6. The van der Waals surface area contributed by atoms with E-state index < -0.39 is 0 Å². The second-order valence-electron chi connectivity index (χ2n) is 7.24. The molecule has 1 aromatic heterocycles. The van der Waals surface area contributed by atoms with Crippen molar-refractivity contribution in [3.8, 4) is 5.75 Å². The molecule has 2 amide bonds. The number of rotatable bonds is 7. The Morgan fingerprint density at radius 2 is 1.97 bits per heavy atom. The summed E-state index contributed by atoms with van der Waals surface area (Å²) >= 11 is 0. The van der Waals surface area contributed by atoms with Crippen LogP contribution in [0.5, 0.6) is 5.75 Å². The summed E-state index contributed by atoms with van der Waals surface area (Å²) in [5.41, 5.74) is 5.22. The summed E-state index contributed by atoms with van der Waals surface area (Å²) in [5.74, 6) is 0.814. The summed E-state index contributed by atoms with van der Waals surface area (Å²) in [7, 11) is 3.10. The maximum atomic E-state index is 12.6. The van der Waals surface area contributed by atoms with Gasteiger partial charge in [-0.1, -0.05) is 12.1 Å². The summed E-state index contributed by atoms with van der Waals surface area (Å²) < 4.78 is 16.2. The minimum absolute atomic E-state index is 0.141. The molecule has 1 aliphatic rings. The number of hydrogen-bond acceptors (Lipinski definition) is 6. The molecule has 1 atom stereocenters. The van der Waals surface area contributed by atoms with Gasteiger partial charge in [-0.25, -0.2) is 5.43 Å². The Labute approximate surface area is 175 Å². The highest BCUT2D eigenvalue weighted by Crippen LogP contribution is 2.30. The minimum atomic E-state index is -0.362. The molecule has 0 saturated carbocycles. The van der Waals surface area contributed by atoms with Gasteiger partial charge in [-0.2, -0.15) is 5.10 Å². The molecule has 1 aromatic carbocycles. The lowest BCUT2D eigenvalue weighted by Gasteiger charge is -2.14. The van der Waals surface area contributed by atoms with E-state index in [1.807, 2.05) is 13.8 Å². The lowest BCUT2D eigenvalue weighted by atomic mass is 9.93. The quantitative estimate of drug-likeness (QED) is 0.680. The van der Waals surface area contributed by atoms with Gasteiger partial charge in [0.05, 0.1) is 25.0 Å². The van der Waals surface area contributed by atoms with Crippen LogP contribution >= 0.6 is 0 Å². The molecule has 8 heteroatoms. The second-order valence-corrected chi connectivity index (χ2v) is 7.24. The number of fused-ring (bicyclic) bond motifs is 1. The predicted molar refractivity (Wildman–Crippen MR) is 112 cm³/mol. The molecule has 0 saturated heterocycles. The Morgan fingerprint density at radius 3 is 2.70 bits per heavy atom. The normalized spacial score (nSPS) is 15.4. The van der Waals surface area contributed by atoms with Crippen LogP contribution in [-0.4, -0.2) is 44.4 Å². The highest BCUT2D eigenvalue weighted by Gasteiger charge is 2.28. The molecule has 0 bridgehead atoms. The SMILES string of the molecule is COCC(C)NC(=O)c1oc2c(c1C)/C(=N/NC(=O)c1ccccc1OC)CCC2. The van der Waals surface area contributed by atoms with E-state index in [9.17, 15) is 9.59 Å². The molecule has 0 fully saturated rings. The zero-order chi connectivity index (χ0) is 21.7. The third-order valence-corrected chi connectivity index (χ3v) is 4.97. The maximum Gasteiger partial charge on any atom is 0.287 e. The van der Waals surface area contributed by atoms with E-state index in [4.69, 9.17) is 13.9 Å². The van der Waals surface area contributed by atoms with Crippen LogP contribution in [0.25, 0.3) is 0 Å². The predicted octanol–water partition coefficient (Wildman–Crippen LogP) is 2.83.